The van der Waals surface area contributed by atoms with Gasteiger partial charge in [-0.05, 0) is 32.8 Å². The zero-order valence-electron chi connectivity index (χ0n) is 13.0. The summed E-state index contributed by atoms with van der Waals surface area (Å²) >= 11 is 0. The molecule has 0 amide bonds. The summed E-state index contributed by atoms with van der Waals surface area (Å²) in [5.41, 5.74) is 0.734. The number of anilines is 1. The molecule has 0 unspecified atom stereocenters. The highest BCUT2D eigenvalue weighted by atomic mass is 19.1. The molecule has 1 aliphatic carbocycles. The molecule has 0 aromatic carbocycles. The van der Waals surface area contributed by atoms with Gasteiger partial charge in [0.1, 0.15) is 0 Å². The van der Waals surface area contributed by atoms with Crippen molar-refractivity contribution in [3.05, 3.63) is 23.6 Å². The minimum absolute atomic E-state index is 0.149. The van der Waals surface area contributed by atoms with E-state index < -0.39 is 0 Å². The summed E-state index contributed by atoms with van der Waals surface area (Å²) in [6.45, 7) is 8.67. The third-order valence-electron chi connectivity index (χ3n) is 4.45. The lowest BCUT2D eigenvalue weighted by Crippen LogP contribution is -2.49. The largest absolute Gasteiger partial charge is 0.352 e. The van der Waals surface area contributed by atoms with Gasteiger partial charge in [-0.2, -0.15) is 0 Å². The van der Waals surface area contributed by atoms with E-state index in [1.165, 1.54) is 12.8 Å². The Hall–Kier alpha value is -1.20. The molecule has 1 aromatic heterocycles. The quantitative estimate of drug-likeness (QED) is 0.899. The van der Waals surface area contributed by atoms with Gasteiger partial charge in [-0.3, -0.25) is 4.90 Å². The second-order valence-electron chi connectivity index (χ2n) is 6.38. The van der Waals surface area contributed by atoms with Crippen molar-refractivity contribution in [2.75, 3.05) is 31.1 Å². The van der Waals surface area contributed by atoms with Crippen molar-refractivity contribution in [2.45, 2.75) is 45.3 Å². The molecule has 0 bridgehead atoms. The first-order valence-corrected chi connectivity index (χ1v) is 8.01. The molecule has 2 aliphatic rings. The number of rotatable bonds is 5. The van der Waals surface area contributed by atoms with Gasteiger partial charge in [0.05, 0.1) is 0 Å². The van der Waals surface area contributed by atoms with Gasteiger partial charge in [-0.25, -0.2) is 9.37 Å². The van der Waals surface area contributed by atoms with Crippen molar-refractivity contribution in [1.29, 1.82) is 0 Å². The first-order valence-electron chi connectivity index (χ1n) is 8.01. The minimum Gasteiger partial charge on any atom is -0.352 e. The van der Waals surface area contributed by atoms with Crippen LogP contribution in [0.15, 0.2) is 12.3 Å². The highest BCUT2D eigenvalue weighted by Gasteiger charge is 2.24. The summed E-state index contributed by atoms with van der Waals surface area (Å²) in [6, 6.07) is 2.94. The molecule has 1 aliphatic heterocycles. The van der Waals surface area contributed by atoms with Gasteiger partial charge in [0.15, 0.2) is 11.6 Å². The molecular weight excluding hydrogens is 267 g/mol. The SMILES string of the molecule is CC(C)N1CCN(c2nccc(CNC3CC3)c2F)CC1. The maximum atomic E-state index is 14.6. The molecule has 0 radical (unpaired) electrons. The number of pyridine rings is 1. The number of piperazine rings is 1. The van der Waals surface area contributed by atoms with Crippen LogP contribution in [0.5, 0.6) is 0 Å². The number of nitrogens with one attached hydrogen (secondary N) is 1. The molecule has 2 heterocycles. The molecule has 1 aromatic rings. The van der Waals surface area contributed by atoms with Crippen molar-refractivity contribution in [3.63, 3.8) is 0 Å². The van der Waals surface area contributed by atoms with Crippen LogP contribution in [0.2, 0.25) is 0 Å². The smallest absolute Gasteiger partial charge is 0.170 e. The van der Waals surface area contributed by atoms with E-state index in [9.17, 15) is 4.39 Å². The van der Waals surface area contributed by atoms with E-state index in [0.717, 1.165) is 31.7 Å². The second kappa shape index (κ2) is 6.28. The highest BCUT2D eigenvalue weighted by molar-refractivity contribution is 5.43. The summed E-state index contributed by atoms with van der Waals surface area (Å²) in [4.78, 5) is 8.78. The molecule has 2 fully saturated rings. The molecule has 3 rings (SSSR count). The third kappa shape index (κ3) is 3.52. The summed E-state index contributed by atoms with van der Waals surface area (Å²) in [7, 11) is 0. The molecule has 0 atom stereocenters. The Morgan fingerprint density at radius 1 is 1.29 bits per heavy atom. The lowest BCUT2D eigenvalue weighted by atomic mass is 10.2. The van der Waals surface area contributed by atoms with E-state index in [1.54, 1.807) is 12.3 Å². The van der Waals surface area contributed by atoms with Gasteiger partial charge in [0.2, 0.25) is 0 Å². The van der Waals surface area contributed by atoms with Gasteiger partial charge in [-0.1, -0.05) is 0 Å². The molecule has 1 N–H and O–H groups in total. The van der Waals surface area contributed by atoms with E-state index in [1.807, 2.05) is 0 Å². The fraction of sp³-hybridized carbons (Fsp3) is 0.688. The molecule has 1 saturated carbocycles. The number of hydrogen-bond donors (Lipinski definition) is 1. The van der Waals surface area contributed by atoms with Crippen LogP contribution in [-0.2, 0) is 6.54 Å². The Labute approximate surface area is 126 Å². The van der Waals surface area contributed by atoms with E-state index in [-0.39, 0.29) is 5.82 Å². The molecule has 4 nitrogen and oxygen atoms in total. The second-order valence-corrected chi connectivity index (χ2v) is 6.38. The predicted molar refractivity (Wildman–Crippen MR) is 83.0 cm³/mol. The van der Waals surface area contributed by atoms with Crippen LogP contribution < -0.4 is 10.2 Å². The van der Waals surface area contributed by atoms with Crippen molar-refractivity contribution in [3.8, 4) is 0 Å². The van der Waals surface area contributed by atoms with E-state index in [2.05, 4.69) is 33.9 Å². The van der Waals surface area contributed by atoms with Crippen molar-refractivity contribution < 1.29 is 4.39 Å². The summed E-state index contributed by atoms with van der Waals surface area (Å²) < 4.78 is 14.6. The number of nitrogens with zero attached hydrogens (tertiary/aromatic N) is 3. The monoisotopic (exact) mass is 292 g/mol. The Morgan fingerprint density at radius 3 is 2.62 bits per heavy atom. The van der Waals surface area contributed by atoms with Crippen LogP contribution >= 0.6 is 0 Å². The molecule has 1 saturated heterocycles. The third-order valence-corrected chi connectivity index (χ3v) is 4.45. The lowest BCUT2D eigenvalue weighted by Gasteiger charge is -2.37. The van der Waals surface area contributed by atoms with Crippen LogP contribution in [0, 0.1) is 5.82 Å². The zero-order valence-corrected chi connectivity index (χ0v) is 13.0. The molecule has 116 valence electrons. The Kier molecular flexibility index (Phi) is 4.40. The highest BCUT2D eigenvalue weighted by Crippen LogP contribution is 2.23. The van der Waals surface area contributed by atoms with Crippen molar-refractivity contribution in [2.24, 2.45) is 0 Å². The molecule has 0 spiro atoms. The topological polar surface area (TPSA) is 31.4 Å². The first-order chi connectivity index (χ1) is 10.1. The summed E-state index contributed by atoms with van der Waals surface area (Å²) in [5, 5.41) is 3.37. The van der Waals surface area contributed by atoms with Gasteiger partial charge < -0.3 is 10.2 Å². The number of halogens is 1. The Morgan fingerprint density at radius 2 is 2.00 bits per heavy atom. The predicted octanol–water partition coefficient (Wildman–Crippen LogP) is 2.00. The van der Waals surface area contributed by atoms with Crippen molar-refractivity contribution >= 4 is 5.82 Å². The maximum Gasteiger partial charge on any atom is 0.170 e. The molecular formula is C16H25FN4. The van der Waals surface area contributed by atoms with Gasteiger partial charge in [0.25, 0.3) is 0 Å². The number of hydrogen-bond acceptors (Lipinski definition) is 4. The molecule has 21 heavy (non-hydrogen) atoms. The van der Waals surface area contributed by atoms with Crippen molar-refractivity contribution in [1.82, 2.24) is 15.2 Å². The van der Waals surface area contributed by atoms with E-state index >= 15 is 0 Å². The molecule has 5 heteroatoms. The first kappa shape index (κ1) is 14.7. The fourth-order valence-corrected chi connectivity index (χ4v) is 2.82. The van der Waals surface area contributed by atoms with Gasteiger partial charge in [0, 0.05) is 56.6 Å². The summed E-state index contributed by atoms with van der Waals surface area (Å²) in [5.74, 6) is 0.372. The Balaban J connectivity index is 1.66. The lowest BCUT2D eigenvalue weighted by molar-refractivity contribution is 0.208. The van der Waals surface area contributed by atoms with Gasteiger partial charge in [-0.15, -0.1) is 0 Å². The average Bonchev–Trinajstić information content (AvgIpc) is 3.30. The standard InChI is InChI=1S/C16H25FN4/c1-12(2)20-7-9-21(10-8-20)16-15(17)13(5-6-18-16)11-19-14-3-4-14/h5-6,12,14,19H,3-4,7-11H2,1-2H3. The number of aromatic nitrogens is 1. The van der Waals surface area contributed by atoms with Crippen LogP contribution in [0.25, 0.3) is 0 Å². The maximum absolute atomic E-state index is 14.6. The zero-order chi connectivity index (χ0) is 14.8. The Bertz CT molecular complexity index is 479. The normalized spacial score (nSPS) is 20.3. The fourth-order valence-electron chi connectivity index (χ4n) is 2.82. The van der Waals surface area contributed by atoms with E-state index in [0.29, 0.717) is 24.4 Å². The van der Waals surface area contributed by atoms with Crippen LogP contribution in [0.3, 0.4) is 0 Å². The van der Waals surface area contributed by atoms with Gasteiger partial charge >= 0.3 is 0 Å². The van der Waals surface area contributed by atoms with Crippen LogP contribution in [0.1, 0.15) is 32.3 Å². The average molecular weight is 292 g/mol. The summed E-state index contributed by atoms with van der Waals surface area (Å²) in [6.07, 6.45) is 4.17. The van der Waals surface area contributed by atoms with Crippen LogP contribution in [0.4, 0.5) is 10.2 Å². The van der Waals surface area contributed by atoms with Crippen LogP contribution in [-0.4, -0.2) is 48.1 Å². The minimum atomic E-state index is -0.149. The van der Waals surface area contributed by atoms with E-state index in [4.69, 9.17) is 0 Å².